The first kappa shape index (κ1) is 16.6. The van der Waals surface area contributed by atoms with Crippen LogP contribution in [0.5, 0.6) is 11.5 Å². The molecule has 0 fully saturated rings. The van der Waals surface area contributed by atoms with E-state index in [9.17, 15) is 9.18 Å². The molecule has 0 aliphatic carbocycles. The highest BCUT2D eigenvalue weighted by atomic mass is 35.5. The first-order valence-electron chi connectivity index (χ1n) is 7.75. The lowest BCUT2D eigenvalue weighted by molar-refractivity contribution is -0.116. The number of anilines is 1. The van der Waals surface area contributed by atoms with Gasteiger partial charge in [-0.05, 0) is 24.1 Å². The van der Waals surface area contributed by atoms with Crippen LogP contribution in [0.3, 0.4) is 0 Å². The maximum absolute atomic E-state index is 12.9. The van der Waals surface area contributed by atoms with Gasteiger partial charge in [0.25, 0.3) is 0 Å². The van der Waals surface area contributed by atoms with Crippen LogP contribution in [0.15, 0.2) is 36.4 Å². The number of fused-ring (bicyclic) bond motifs is 1. The van der Waals surface area contributed by atoms with E-state index in [-0.39, 0.29) is 18.1 Å². The molecule has 3 rings (SSSR count). The number of rotatable bonds is 4. The average Bonchev–Trinajstić information content (AvgIpc) is 2.79. The SMILES string of the molecule is O=C(CCc1ccc(F)cc1)Nc1cc2c(cc1Cl)OCCCO2. The van der Waals surface area contributed by atoms with Crippen molar-refractivity contribution >= 4 is 23.2 Å². The van der Waals surface area contributed by atoms with Gasteiger partial charge in [0.15, 0.2) is 11.5 Å². The van der Waals surface area contributed by atoms with E-state index in [0.29, 0.717) is 41.8 Å². The number of benzene rings is 2. The third-order valence-electron chi connectivity index (χ3n) is 3.67. The van der Waals surface area contributed by atoms with Crippen molar-refractivity contribution in [2.45, 2.75) is 19.3 Å². The number of halogens is 2. The number of carbonyl (C=O) groups is 1. The lowest BCUT2D eigenvalue weighted by Crippen LogP contribution is -2.13. The molecular formula is C18H17ClFNO3. The number of carbonyl (C=O) groups excluding carboxylic acids is 1. The topological polar surface area (TPSA) is 47.6 Å². The van der Waals surface area contributed by atoms with Crippen LogP contribution in [-0.4, -0.2) is 19.1 Å². The molecule has 0 aromatic heterocycles. The summed E-state index contributed by atoms with van der Waals surface area (Å²) in [5, 5.41) is 3.18. The maximum Gasteiger partial charge on any atom is 0.224 e. The number of aryl methyl sites for hydroxylation is 1. The maximum atomic E-state index is 12.9. The summed E-state index contributed by atoms with van der Waals surface area (Å²) < 4.78 is 24.0. The Morgan fingerprint density at radius 1 is 1.12 bits per heavy atom. The van der Waals surface area contributed by atoms with Gasteiger partial charge in [-0.2, -0.15) is 0 Å². The Bertz CT molecular complexity index is 734. The van der Waals surface area contributed by atoms with Gasteiger partial charge in [0.2, 0.25) is 5.91 Å². The smallest absolute Gasteiger partial charge is 0.224 e. The minimum Gasteiger partial charge on any atom is -0.490 e. The minimum atomic E-state index is -0.290. The average molecular weight is 350 g/mol. The number of hydrogen-bond acceptors (Lipinski definition) is 3. The second-order valence-electron chi connectivity index (χ2n) is 5.50. The van der Waals surface area contributed by atoms with E-state index >= 15 is 0 Å². The monoisotopic (exact) mass is 349 g/mol. The second kappa shape index (κ2) is 7.53. The zero-order valence-electron chi connectivity index (χ0n) is 13.0. The van der Waals surface area contributed by atoms with Crippen molar-refractivity contribution in [1.29, 1.82) is 0 Å². The van der Waals surface area contributed by atoms with Crippen molar-refractivity contribution in [3.05, 3.63) is 52.8 Å². The van der Waals surface area contributed by atoms with E-state index in [4.69, 9.17) is 21.1 Å². The van der Waals surface area contributed by atoms with E-state index < -0.39 is 0 Å². The molecule has 1 aliphatic rings. The summed E-state index contributed by atoms with van der Waals surface area (Å²) in [6.45, 7) is 1.14. The Hall–Kier alpha value is -2.27. The fraction of sp³-hybridized carbons (Fsp3) is 0.278. The summed E-state index contributed by atoms with van der Waals surface area (Å²) in [7, 11) is 0. The Morgan fingerprint density at radius 2 is 1.79 bits per heavy atom. The van der Waals surface area contributed by atoms with Crippen molar-refractivity contribution in [3.63, 3.8) is 0 Å². The molecule has 1 heterocycles. The third kappa shape index (κ3) is 4.17. The summed E-state index contributed by atoms with van der Waals surface area (Å²) in [4.78, 5) is 12.1. The van der Waals surface area contributed by atoms with Gasteiger partial charge < -0.3 is 14.8 Å². The van der Waals surface area contributed by atoms with Crippen LogP contribution in [0.4, 0.5) is 10.1 Å². The molecular weight excluding hydrogens is 333 g/mol. The van der Waals surface area contributed by atoms with Crippen LogP contribution in [-0.2, 0) is 11.2 Å². The van der Waals surface area contributed by atoms with Gasteiger partial charge in [-0.15, -0.1) is 0 Å². The zero-order valence-corrected chi connectivity index (χ0v) is 13.7. The molecule has 1 aliphatic heterocycles. The number of nitrogens with one attached hydrogen (secondary N) is 1. The Kier molecular flexibility index (Phi) is 5.20. The van der Waals surface area contributed by atoms with Crippen LogP contribution in [0.2, 0.25) is 5.02 Å². The van der Waals surface area contributed by atoms with Gasteiger partial charge in [-0.3, -0.25) is 4.79 Å². The van der Waals surface area contributed by atoms with Crippen molar-refractivity contribution in [2.24, 2.45) is 0 Å². The van der Waals surface area contributed by atoms with Crippen LogP contribution >= 0.6 is 11.6 Å². The van der Waals surface area contributed by atoms with Gasteiger partial charge in [0, 0.05) is 25.0 Å². The van der Waals surface area contributed by atoms with E-state index in [2.05, 4.69) is 5.32 Å². The van der Waals surface area contributed by atoms with Gasteiger partial charge in [-0.25, -0.2) is 4.39 Å². The molecule has 0 bridgehead atoms. The molecule has 2 aromatic rings. The highest BCUT2D eigenvalue weighted by Crippen LogP contribution is 2.37. The zero-order chi connectivity index (χ0) is 16.9. The van der Waals surface area contributed by atoms with Crippen LogP contribution in [0.1, 0.15) is 18.4 Å². The van der Waals surface area contributed by atoms with Gasteiger partial charge in [0.1, 0.15) is 5.82 Å². The van der Waals surface area contributed by atoms with Crippen molar-refractivity contribution in [1.82, 2.24) is 0 Å². The molecule has 0 radical (unpaired) electrons. The predicted molar refractivity (Wildman–Crippen MR) is 90.4 cm³/mol. The lowest BCUT2D eigenvalue weighted by Gasteiger charge is -2.12. The largest absolute Gasteiger partial charge is 0.490 e. The molecule has 4 nitrogen and oxygen atoms in total. The van der Waals surface area contributed by atoms with E-state index in [0.717, 1.165) is 12.0 Å². The summed E-state index contributed by atoms with van der Waals surface area (Å²) in [5.41, 5.74) is 1.39. The standard InChI is InChI=1S/C18H17ClFNO3/c19-14-10-16-17(24-9-1-8-23-16)11-15(14)21-18(22)7-4-12-2-5-13(20)6-3-12/h2-3,5-6,10-11H,1,4,7-9H2,(H,21,22). The van der Waals surface area contributed by atoms with Crippen LogP contribution in [0.25, 0.3) is 0 Å². The third-order valence-corrected chi connectivity index (χ3v) is 3.98. The normalized spacial score (nSPS) is 13.2. The second-order valence-corrected chi connectivity index (χ2v) is 5.91. The lowest BCUT2D eigenvalue weighted by atomic mass is 10.1. The molecule has 1 amide bonds. The molecule has 0 spiro atoms. The van der Waals surface area contributed by atoms with Gasteiger partial charge >= 0.3 is 0 Å². The summed E-state index contributed by atoms with van der Waals surface area (Å²) in [5.74, 6) is 0.699. The number of hydrogen-bond donors (Lipinski definition) is 1. The van der Waals surface area contributed by atoms with Crippen LogP contribution < -0.4 is 14.8 Å². The first-order valence-corrected chi connectivity index (χ1v) is 8.13. The van der Waals surface area contributed by atoms with E-state index in [1.165, 1.54) is 12.1 Å². The summed E-state index contributed by atoms with van der Waals surface area (Å²) in [6.07, 6.45) is 1.59. The Labute approximate surface area is 144 Å². The fourth-order valence-electron chi connectivity index (χ4n) is 2.40. The molecule has 0 saturated carbocycles. The molecule has 1 N–H and O–H groups in total. The molecule has 2 aromatic carbocycles. The van der Waals surface area contributed by atoms with Crippen molar-refractivity contribution in [2.75, 3.05) is 18.5 Å². The highest BCUT2D eigenvalue weighted by molar-refractivity contribution is 6.34. The summed E-state index contributed by atoms with van der Waals surface area (Å²) in [6, 6.07) is 9.44. The van der Waals surface area contributed by atoms with Crippen molar-refractivity contribution < 1.29 is 18.7 Å². The predicted octanol–water partition coefficient (Wildman–Crippen LogP) is 4.21. The minimum absolute atomic E-state index is 0.171. The Morgan fingerprint density at radius 3 is 2.50 bits per heavy atom. The number of ether oxygens (including phenoxy) is 2. The van der Waals surface area contributed by atoms with E-state index in [1.54, 1.807) is 24.3 Å². The molecule has 6 heteroatoms. The fourth-order valence-corrected chi connectivity index (χ4v) is 2.60. The number of amides is 1. The first-order chi connectivity index (χ1) is 11.6. The van der Waals surface area contributed by atoms with Crippen LogP contribution in [0, 0.1) is 5.82 Å². The van der Waals surface area contributed by atoms with E-state index in [1.807, 2.05) is 0 Å². The molecule has 0 unspecified atom stereocenters. The highest BCUT2D eigenvalue weighted by Gasteiger charge is 2.15. The summed E-state index contributed by atoms with van der Waals surface area (Å²) >= 11 is 6.20. The van der Waals surface area contributed by atoms with Gasteiger partial charge in [-0.1, -0.05) is 23.7 Å². The molecule has 126 valence electrons. The Balaban J connectivity index is 1.63. The van der Waals surface area contributed by atoms with Gasteiger partial charge in [0.05, 0.1) is 23.9 Å². The molecule has 0 saturated heterocycles. The molecule has 0 atom stereocenters. The quantitative estimate of drug-likeness (QED) is 0.899. The molecule has 24 heavy (non-hydrogen) atoms. The van der Waals surface area contributed by atoms with Crippen molar-refractivity contribution in [3.8, 4) is 11.5 Å².